The molecule has 1 heterocycles. The van der Waals surface area contributed by atoms with Crippen LogP contribution in [0.1, 0.15) is 52.9 Å². The van der Waals surface area contributed by atoms with E-state index in [9.17, 15) is 4.79 Å². The molecule has 0 aliphatic carbocycles. The van der Waals surface area contributed by atoms with Gasteiger partial charge in [0.25, 0.3) is 0 Å². The van der Waals surface area contributed by atoms with Gasteiger partial charge in [-0.05, 0) is 63.2 Å². The number of amides is 1. The van der Waals surface area contributed by atoms with E-state index < -0.39 is 0 Å². The Bertz CT molecular complexity index is 307. The summed E-state index contributed by atoms with van der Waals surface area (Å²) < 4.78 is 0. The molecule has 0 unspecified atom stereocenters. The van der Waals surface area contributed by atoms with Gasteiger partial charge >= 0.3 is 0 Å². The molecular weight excluding hydrogens is 250 g/mol. The highest BCUT2D eigenvalue weighted by molar-refractivity contribution is 5.75. The van der Waals surface area contributed by atoms with Gasteiger partial charge in [0.2, 0.25) is 5.91 Å². The summed E-state index contributed by atoms with van der Waals surface area (Å²) in [6.45, 7) is 10.4. The first kappa shape index (κ1) is 17.4. The van der Waals surface area contributed by atoms with Crippen LogP contribution >= 0.6 is 0 Å². The lowest BCUT2D eigenvalue weighted by molar-refractivity contribution is -0.122. The van der Waals surface area contributed by atoms with Gasteiger partial charge in [0.05, 0.1) is 0 Å². The Balaban J connectivity index is 2.26. The molecule has 1 rings (SSSR count). The minimum absolute atomic E-state index is 0.170. The van der Waals surface area contributed by atoms with Crippen LogP contribution in [-0.2, 0) is 4.79 Å². The molecule has 1 fully saturated rings. The number of hydrogen-bond acceptors (Lipinski definition) is 3. The predicted molar refractivity (Wildman–Crippen MR) is 84.5 cm³/mol. The van der Waals surface area contributed by atoms with Gasteiger partial charge in [-0.3, -0.25) is 4.79 Å². The lowest BCUT2D eigenvalue weighted by Gasteiger charge is -2.38. The van der Waals surface area contributed by atoms with E-state index in [1.54, 1.807) is 0 Å². The molecule has 1 amide bonds. The number of carbonyl (C=O) groups excluding carboxylic acids is 1. The molecule has 0 spiro atoms. The van der Waals surface area contributed by atoms with Gasteiger partial charge in [-0.15, -0.1) is 0 Å². The van der Waals surface area contributed by atoms with Crippen LogP contribution in [0.3, 0.4) is 0 Å². The van der Waals surface area contributed by atoms with Crippen molar-refractivity contribution in [1.82, 2.24) is 10.2 Å². The standard InChI is InChI=1S/C16H33N3O/c1-15(2,7-10-17)6-5-14(20)18-13-16(3)8-11-19(4)12-9-16/h5-13,17H2,1-4H3,(H,18,20). The first-order valence-corrected chi connectivity index (χ1v) is 7.92. The van der Waals surface area contributed by atoms with E-state index in [4.69, 9.17) is 5.73 Å². The molecule has 3 N–H and O–H groups in total. The summed E-state index contributed by atoms with van der Waals surface area (Å²) >= 11 is 0. The van der Waals surface area contributed by atoms with Gasteiger partial charge < -0.3 is 16.0 Å². The number of carbonyl (C=O) groups is 1. The number of piperidine rings is 1. The fraction of sp³-hybridized carbons (Fsp3) is 0.938. The third-order valence-corrected chi connectivity index (χ3v) is 4.76. The Morgan fingerprint density at radius 3 is 2.45 bits per heavy atom. The number of nitrogens with zero attached hydrogens (tertiary/aromatic N) is 1. The van der Waals surface area contributed by atoms with Crippen molar-refractivity contribution in [3.63, 3.8) is 0 Å². The van der Waals surface area contributed by atoms with Crippen LogP contribution in [0.5, 0.6) is 0 Å². The first-order valence-electron chi connectivity index (χ1n) is 7.92. The fourth-order valence-electron chi connectivity index (χ4n) is 2.70. The van der Waals surface area contributed by atoms with Crippen LogP contribution in [0.15, 0.2) is 0 Å². The minimum Gasteiger partial charge on any atom is -0.356 e. The molecule has 4 nitrogen and oxygen atoms in total. The second kappa shape index (κ2) is 7.41. The van der Waals surface area contributed by atoms with Crippen molar-refractivity contribution in [2.45, 2.75) is 52.9 Å². The number of likely N-dealkylation sites (tertiary alicyclic amines) is 1. The van der Waals surface area contributed by atoms with Gasteiger partial charge in [0.1, 0.15) is 0 Å². The molecule has 0 atom stereocenters. The molecule has 118 valence electrons. The maximum atomic E-state index is 12.0. The van der Waals surface area contributed by atoms with E-state index in [0.717, 1.165) is 32.5 Å². The van der Waals surface area contributed by atoms with Crippen LogP contribution in [0.25, 0.3) is 0 Å². The highest BCUT2D eigenvalue weighted by atomic mass is 16.1. The van der Waals surface area contributed by atoms with Crippen molar-refractivity contribution in [3.05, 3.63) is 0 Å². The molecule has 0 aromatic rings. The number of rotatable bonds is 7. The Kier molecular flexibility index (Phi) is 6.46. The molecular formula is C16H33N3O. The van der Waals surface area contributed by atoms with Gasteiger partial charge in [0, 0.05) is 13.0 Å². The second-order valence-electron chi connectivity index (χ2n) is 7.59. The number of nitrogens with one attached hydrogen (secondary N) is 1. The van der Waals surface area contributed by atoms with Crippen molar-refractivity contribution in [3.8, 4) is 0 Å². The van der Waals surface area contributed by atoms with Gasteiger partial charge in [-0.2, -0.15) is 0 Å². The molecule has 1 aliphatic rings. The van der Waals surface area contributed by atoms with Gasteiger partial charge in [-0.1, -0.05) is 20.8 Å². The molecule has 0 bridgehead atoms. The Morgan fingerprint density at radius 2 is 1.90 bits per heavy atom. The van der Waals surface area contributed by atoms with Crippen LogP contribution in [-0.4, -0.2) is 44.0 Å². The summed E-state index contributed by atoms with van der Waals surface area (Å²) in [5.41, 5.74) is 6.04. The SMILES string of the molecule is CN1CCC(C)(CNC(=O)CCC(C)(C)CCN)CC1. The van der Waals surface area contributed by atoms with Crippen LogP contribution in [0, 0.1) is 10.8 Å². The lowest BCUT2D eigenvalue weighted by atomic mass is 9.80. The molecule has 1 aliphatic heterocycles. The molecule has 4 heteroatoms. The summed E-state index contributed by atoms with van der Waals surface area (Å²) in [6.07, 6.45) is 4.84. The van der Waals surface area contributed by atoms with E-state index >= 15 is 0 Å². The highest BCUT2D eigenvalue weighted by Gasteiger charge is 2.29. The summed E-state index contributed by atoms with van der Waals surface area (Å²) in [5.74, 6) is 0.190. The smallest absolute Gasteiger partial charge is 0.220 e. The van der Waals surface area contributed by atoms with E-state index in [1.165, 1.54) is 12.8 Å². The zero-order valence-electron chi connectivity index (χ0n) is 13.8. The fourth-order valence-corrected chi connectivity index (χ4v) is 2.70. The quantitative estimate of drug-likeness (QED) is 0.751. The first-order chi connectivity index (χ1) is 9.26. The van der Waals surface area contributed by atoms with Crippen molar-refractivity contribution in [2.75, 3.05) is 33.2 Å². The molecule has 0 aromatic carbocycles. The Labute approximate surface area is 124 Å². The summed E-state index contributed by atoms with van der Waals surface area (Å²) in [5, 5.41) is 3.13. The highest BCUT2D eigenvalue weighted by Crippen LogP contribution is 2.30. The summed E-state index contributed by atoms with van der Waals surface area (Å²) in [7, 11) is 2.16. The van der Waals surface area contributed by atoms with Gasteiger partial charge in [0.15, 0.2) is 0 Å². The number of nitrogens with two attached hydrogens (primary N) is 1. The van der Waals surface area contributed by atoms with E-state index in [1.807, 2.05) is 0 Å². The van der Waals surface area contributed by atoms with Crippen molar-refractivity contribution < 1.29 is 4.79 Å². The third-order valence-electron chi connectivity index (χ3n) is 4.76. The summed E-state index contributed by atoms with van der Waals surface area (Å²) in [4.78, 5) is 14.4. The maximum Gasteiger partial charge on any atom is 0.220 e. The zero-order valence-corrected chi connectivity index (χ0v) is 13.8. The van der Waals surface area contributed by atoms with E-state index in [-0.39, 0.29) is 16.7 Å². The Morgan fingerprint density at radius 1 is 1.30 bits per heavy atom. The van der Waals surface area contributed by atoms with Crippen molar-refractivity contribution in [2.24, 2.45) is 16.6 Å². The minimum atomic E-state index is 0.170. The molecule has 0 saturated carbocycles. The van der Waals surface area contributed by atoms with Crippen molar-refractivity contribution in [1.29, 1.82) is 0 Å². The zero-order chi connectivity index (χ0) is 15.2. The van der Waals surface area contributed by atoms with E-state index in [0.29, 0.717) is 13.0 Å². The average Bonchev–Trinajstić information content (AvgIpc) is 2.38. The topological polar surface area (TPSA) is 58.4 Å². The third kappa shape index (κ3) is 6.23. The van der Waals surface area contributed by atoms with Gasteiger partial charge in [-0.25, -0.2) is 0 Å². The predicted octanol–water partition coefficient (Wildman–Crippen LogP) is 1.99. The van der Waals surface area contributed by atoms with E-state index in [2.05, 4.69) is 38.0 Å². The monoisotopic (exact) mass is 283 g/mol. The van der Waals surface area contributed by atoms with Crippen molar-refractivity contribution >= 4 is 5.91 Å². The van der Waals surface area contributed by atoms with Crippen LogP contribution in [0.2, 0.25) is 0 Å². The number of hydrogen-bond donors (Lipinski definition) is 2. The molecule has 0 radical (unpaired) electrons. The molecule has 0 aromatic heterocycles. The lowest BCUT2D eigenvalue weighted by Crippen LogP contribution is -2.43. The molecule has 1 saturated heterocycles. The van der Waals surface area contributed by atoms with Crippen LogP contribution < -0.4 is 11.1 Å². The maximum absolute atomic E-state index is 12.0. The Hall–Kier alpha value is -0.610. The summed E-state index contributed by atoms with van der Waals surface area (Å²) in [6, 6.07) is 0. The molecule has 20 heavy (non-hydrogen) atoms. The largest absolute Gasteiger partial charge is 0.356 e. The normalized spacial score (nSPS) is 19.9. The van der Waals surface area contributed by atoms with Crippen LogP contribution in [0.4, 0.5) is 0 Å². The average molecular weight is 283 g/mol. The second-order valence-corrected chi connectivity index (χ2v) is 7.59.